The van der Waals surface area contributed by atoms with Gasteiger partial charge in [0.1, 0.15) is 24.7 Å². The van der Waals surface area contributed by atoms with E-state index in [2.05, 4.69) is 88.7 Å². The van der Waals surface area contributed by atoms with E-state index in [1.807, 2.05) is 54.6 Å². The molecule has 0 spiro atoms. The predicted molar refractivity (Wildman–Crippen MR) is 181 cm³/mol. The van der Waals surface area contributed by atoms with E-state index in [-0.39, 0.29) is 18.0 Å². The van der Waals surface area contributed by atoms with Crippen molar-refractivity contribution in [2.24, 2.45) is 0 Å². The minimum atomic E-state index is -0.180. The van der Waals surface area contributed by atoms with Crippen LogP contribution in [0.1, 0.15) is 52.3 Å². The average molecular weight is 609 g/mol. The largest absolute Gasteiger partial charge is 0.489 e. The summed E-state index contributed by atoms with van der Waals surface area (Å²) in [6, 6.07) is 45.5. The van der Waals surface area contributed by atoms with Gasteiger partial charge in [-0.25, -0.2) is 0 Å². The van der Waals surface area contributed by atoms with Crippen LogP contribution in [-0.4, -0.2) is 28.3 Å². The van der Waals surface area contributed by atoms with Crippen molar-refractivity contribution in [2.75, 3.05) is 6.54 Å². The van der Waals surface area contributed by atoms with Crippen molar-refractivity contribution in [3.8, 4) is 11.5 Å². The monoisotopic (exact) mass is 608 g/mol. The molecule has 2 aliphatic heterocycles. The maximum Gasteiger partial charge on any atom is 0.240 e. The average Bonchev–Trinajstić information content (AvgIpc) is 3.11. The molecule has 1 saturated heterocycles. The van der Waals surface area contributed by atoms with Crippen molar-refractivity contribution < 1.29 is 14.3 Å². The molecule has 0 N–H and O–H groups in total. The summed E-state index contributed by atoms with van der Waals surface area (Å²) in [6.07, 6.45) is 2.45. The van der Waals surface area contributed by atoms with Crippen molar-refractivity contribution in [1.29, 1.82) is 0 Å². The first-order valence-corrected chi connectivity index (χ1v) is 16.3. The molecule has 0 saturated carbocycles. The topological polar surface area (TPSA) is 42.0 Å². The molecule has 0 bridgehead atoms. The number of nitrogens with zero attached hydrogens (tertiary/aromatic N) is 2. The van der Waals surface area contributed by atoms with Gasteiger partial charge >= 0.3 is 0 Å². The third kappa shape index (κ3) is 6.85. The van der Waals surface area contributed by atoms with Crippen LogP contribution >= 0.6 is 0 Å². The normalized spacial score (nSPS) is 17.3. The minimum absolute atomic E-state index is 0.0169. The number of amides is 1. The third-order valence-corrected chi connectivity index (χ3v) is 9.20. The molecule has 7 rings (SSSR count). The molecule has 0 radical (unpaired) electrons. The second kappa shape index (κ2) is 14.1. The van der Waals surface area contributed by atoms with E-state index < -0.39 is 0 Å². The smallest absolute Gasteiger partial charge is 0.240 e. The third-order valence-electron chi connectivity index (χ3n) is 9.20. The highest BCUT2D eigenvalue weighted by atomic mass is 16.5. The van der Waals surface area contributed by atoms with E-state index in [0.717, 1.165) is 60.5 Å². The number of hydrogen-bond donors (Lipinski definition) is 0. The van der Waals surface area contributed by atoms with Crippen LogP contribution in [0.2, 0.25) is 0 Å². The van der Waals surface area contributed by atoms with Crippen LogP contribution in [0.3, 0.4) is 0 Å². The van der Waals surface area contributed by atoms with Gasteiger partial charge in [0.15, 0.2) is 0 Å². The van der Waals surface area contributed by atoms with Crippen molar-refractivity contribution in [3.05, 3.63) is 167 Å². The molecule has 0 aromatic heterocycles. The highest BCUT2D eigenvalue weighted by Gasteiger charge is 2.42. The second-order valence-electron chi connectivity index (χ2n) is 12.3. The summed E-state index contributed by atoms with van der Waals surface area (Å²) in [7, 11) is 0. The molecule has 2 atom stereocenters. The SMILES string of the molecule is O=C1[C@@H](N(Cc2ccccc2)Cc2ccccc2)CC[C@H]2c3c(cc(OCc4ccccc4)cc3OCc3ccccc3)CCN12. The molecule has 5 nitrogen and oxygen atoms in total. The summed E-state index contributed by atoms with van der Waals surface area (Å²) in [6.45, 7) is 3.11. The zero-order chi connectivity index (χ0) is 31.1. The Morgan fingerprint density at radius 1 is 0.630 bits per heavy atom. The summed E-state index contributed by atoms with van der Waals surface area (Å²) < 4.78 is 12.9. The maximum atomic E-state index is 14.4. The number of piperidine rings is 1. The van der Waals surface area contributed by atoms with Gasteiger partial charge in [-0.1, -0.05) is 121 Å². The molecule has 46 heavy (non-hydrogen) atoms. The van der Waals surface area contributed by atoms with E-state index in [0.29, 0.717) is 19.8 Å². The van der Waals surface area contributed by atoms with Crippen molar-refractivity contribution >= 4 is 5.91 Å². The van der Waals surface area contributed by atoms with Crippen LogP contribution in [0.5, 0.6) is 11.5 Å². The molecule has 5 heteroatoms. The Labute approximate surface area is 272 Å². The fourth-order valence-electron chi connectivity index (χ4n) is 6.92. The van der Waals surface area contributed by atoms with Gasteiger partial charge in [0.2, 0.25) is 5.91 Å². The highest BCUT2D eigenvalue weighted by Crippen LogP contribution is 2.45. The Hall–Kier alpha value is -4.87. The van der Waals surface area contributed by atoms with Gasteiger partial charge in [-0.2, -0.15) is 0 Å². The number of hydrogen-bond acceptors (Lipinski definition) is 4. The summed E-state index contributed by atoms with van der Waals surface area (Å²) in [5.74, 6) is 1.83. The standard InChI is InChI=1S/C41H40N2O3/c44-41-38(42(27-31-13-5-1-6-14-31)28-32-15-7-2-8-16-32)22-21-37-40-35(23-24-43(37)41)25-36(45-29-33-17-9-3-10-18-33)26-39(40)46-30-34-19-11-4-12-20-34/h1-20,25-26,37-38H,21-24,27-30H2/t37-,38-/m0/s1. The lowest BCUT2D eigenvalue weighted by Gasteiger charge is -2.46. The van der Waals surface area contributed by atoms with Crippen LogP contribution in [0.4, 0.5) is 0 Å². The zero-order valence-corrected chi connectivity index (χ0v) is 26.1. The van der Waals surface area contributed by atoms with E-state index in [9.17, 15) is 4.79 Å². The molecule has 2 heterocycles. The Bertz CT molecular complexity index is 1690. The van der Waals surface area contributed by atoms with E-state index >= 15 is 0 Å². The summed E-state index contributed by atoms with van der Waals surface area (Å²) in [4.78, 5) is 18.9. The van der Waals surface area contributed by atoms with Crippen molar-refractivity contribution in [2.45, 2.75) is 57.6 Å². The van der Waals surface area contributed by atoms with Gasteiger partial charge in [-0.05, 0) is 53.1 Å². The van der Waals surface area contributed by atoms with E-state index in [1.54, 1.807) is 0 Å². The fourth-order valence-corrected chi connectivity index (χ4v) is 6.92. The van der Waals surface area contributed by atoms with Crippen LogP contribution < -0.4 is 9.47 Å². The number of benzene rings is 5. The lowest BCUT2D eigenvalue weighted by Crippen LogP contribution is -2.54. The quantitative estimate of drug-likeness (QED) is 0.152. The van der Waals surface area contributed by atoms with Gasteiger partial charge in [0.25, 0.3) is 0 Å². The van der Waals surface area contributed by atoms with Gasteiger partial charge in [-0.3, -0.25) is 9.69 Å². The second-order valence-corrected chi connectivity index (χ2v) is 12.3. The van der Waals surface area contributed by atoms with Crippen LogP contribution in [-0.2, 0) is 37.5 Å². The van der Waals surface area contributed by atoms with E-state index in [4.69, 9.17) is 9.47 Å². The molecule has 5 aromatic carbocycles. The number of carbonyl (C=O) groups excluding carboxylic acids is 1. The predicted octanol–water partition coefficient (Wildman–Crippen LogP) is 8.14. The Morgan fingerprint density at radius 3 is 1.72 bits per heavy atom. The molecule has 0 unspecified atom stereocenters. The highest BCUT2D eigenvalue weighted by molar-refractivity contribution is 5.84. The molecule has 1 fully saturated rings. The van der Waals surface area contributed by atoms with Crippen LogP contribution in [0.15, 0.2) is 133 Å². The fraction of sp³-hybridized carbons (Fsp3) is 0.244. The molecular weight excluding hydrogens is 568 g/mol. The molecule has 232 valence electrons. The molecule has 2 aliphatic rings. The van der Waals surface area contributed by atoms with Gasteiger partial charge in [0.05, 0.1) is 12.1 Å². The lowest BCUT2D eigenvalue weighted by molar-refractivity contribution is -0.145. The van der Waals surface area contributed by atoms with Crippen molar-refractivity contribution in [1.82, 2.24) is 9.80 Å². The first-order chi connectivity index (χ1) is 22.7. The molecule has 0 aliphatic carbocycles. The van der Waals surface area contributed by atoms with Crippen LogP contribution in [0.25, 0.3) is 0 Å². The Balaban J connectivity index is 1.16. The zero-order valence-electron chi connectivity index (χ0n) is 26.1. The first kappa shape index (κ1) is 29.8. The Morgan fingerprint density at radius 2 is 1.15 bits per heavy atom. The van der Waals surface area contributed by atoms with Gasteiger partial charge in [0, 0.05) is 31.3 Å². The number of fused-ring (bicyclic) bond motifs is 3. The number of rotatable bonds is 11. The summed E-state index contributed by atoms with van der Waals surface area (Å²) in [5, 5.41) is 0. The number of ether oxygens (including phenoxy) is 2. The van der Waals surface area contributed by atoms with Gasteiger partial charge < -0.3 is 14.4 Å². The minimum Gasteiger partial charge on any atom is -0.489 e. The first-order valence-electron chi connectivity index (χ1n) is 16.3. The summed E-state index contributed by atoms with van der Waals surface area (Å²) in [5.41, 5.74) is 7.02. The number of carbonyl (C=O) groups is 1. The lowest BCUT2D eigenvalue weighted by atomic mass is 9.84. The maximum absolute atomic E-state index is 14.4. The van der Waals surface area contributed by atoms with Gasteiger partial charge in [-0.15, -0.1) is 0 Å². The van der Waals surface area contributed by atoms with Crippen molar-refractivity contribution in [3.63, 3.8) is 0 Å². The van der Waals surface area contributed by atoms with Crippen LogP contribution in [0, 0.1) is 0 Å². The molecule has 5 aromatic rings. The molecule has 1 amide bonds. The Kier molecular flexibility index (Phi) is 9.11. The summed E-state index contributed by atoms with van der Waals surface area (Å²) >= 11 is 0. The van der Waals surface area contributed by atoms with E-state index in [1.165, 1.54) is 16.7 Å². The molecular formula is C41H40N2O3.